The third kappa shape index (κ3) is 4.65. The van der Waals surface area contributed by atoms with Gasteiger partial charge in [-0.25, -0.2) is 8.42 Å². The van der Waals surface area contributed by atoms with Gasteiger partial charge in [-0.1, -0.05) is 25.1 Å². The fourth-order valence-electron chi connectivity index (χ4n) is 4.12. The second-order valence-corrected chi connectivity index (χ2v) is 10.1. The summed E-state index contributed by atoms with van der Waals surface area (Å²) in [4.78, 5) is 8.39. The number of aromatic nitrogens is 2. The van der Waals surface area contributed by atoms with E-state index in [1.165, 1.54) is 0 Å². The molecule has 0 radical (unpaired) electrons. The summed E-state index contributed by atoms with van der Waals surface area (Å²) in [7, 11) is -3.20. The molecular formula is C24H28N2O3S. The van der Waals surface area contributed by atoms with Gasteiger partial charge in [-0.3, -0.25) is 4.98 Å². The molecule has 6 heteroatoms. The van der Waals surface area contributed by atoms with Crippen LogP contribution in [0.1, 0.15) is 43.4 Å². The van der Waals surface area contributed by atoms with Gasteiger partial charge >= 0.3 is 0 Å². The van der Waals surface area contributed by atoms with Crippen molar-refractivity contribution in [2.45, 2.75) is 37.0 Å². The van der Waals surface area contributed by atoms with Crippen LogP contribution in [0.4, 0.5) is 0 Å². The van der Waals surface area contributed by atoms with E-state index >= 15 is 0 Å². The molecule has 1 aliphatic heterocycles. The Kier molecular flexibility index (Phi) is 6.35. The molecule has 1 aromatic carbocycles. The number of pyridine rings is 1. The van der Waals surface area contributed by atoms with E-state index in [2.05, 4.69) is 22.1 Å². The Bertz CT molecular complexity index is 1050. The molecule has 30 heavy (non-hydrogen) atoms. The van der Waals surface area contributed by atoms with Gasteiger partial charge in [0.15, 0.2) is 9.84 Å². The number of nitrogens with one attached hydrogen (secondary N) is 1. The number of H-pyrrole nitrogens is 1. The summed E-state index contributed by atoms with van der Waals surface area (Å²) in [6.45, 7) is 3.30. The van der Waals surface area contributed by atoms with Crippen molar-refractivity contribution in [2.75, 3.05) is 19.0 Å². The maximum Gasteiger partial charge on any atom is 0.178 e. The molecule has 0 aliphatic carbocycles. The second-order valence-electron chi connectivity index (χ2n) is 7.86. The molecule has 1 aliphatic rings. The lowest BCUT2D eigenvalue weighted by molar-refractivity contribution is 0.0626. The van der Waals surface area contributed by atoms with E-state index < -0.39 is 9.84 Å². The summed E-state index contributed by atoms with van der Waals surface area (Å²) in [6, 6.07) is 17.5. The number of rotatable bonds is 7. The Morgan fingerprint density at radius 3 is 2.50 bits per heavy atom. The number of benzene rings is 1. The molecule has 1 saturated heterocycles. The fourth-order valence-corrected chi connectivity index (χ4v) is 5.00. The summed E-state index contributed by atoms with van der Waals surface area (Å²) in [5.41, 5.74) is 4.17. The van der Waals surface area contributed by atoms with Crippen molar-refractivity contribution in [3.05, 3.63) is 72.1 Å². The number of hydrogen-bond acceptors (Lipinski definition) is 4. The summed E-state index contributed by atoms with van der Waals surface area (Å²) in [6.07, 6.45) is 4.92. The molecule has 158 valence electrons. The van der Waals surface area contributed by atoms with Crippen molar-refractivity contribution < 1.29 is 13.2 Å². The zero-order valence-electron chi connectivity index (χ0n) is 17.3. The van der Waals surface area contributed by atoms with Crippen molar-refractivity contribution >= 4 is 9.84 Å². The van der Waals surface area contributed by atoms with Gasteiger partial charge in [0.25, 0.3) is 0 Å². The zero-order chi connectivity index (χ0) is 21.0. The predicted octanol–water partition coefficient (Wildman–Crippen LogP) is 4.82. The Hall–Kier alpha value is -2.44. The van der Waals surface area contributed by atoms with E-state index in [4.69, 9.17) is 4.74 Å². The van der Waals surface area contributed by atoms with Crippen LogP contribution in [0.5, 0.6) is 0 Å². The van der Waals surface area contributed by atoms with Crippen LogP contribution >= 0.6 is 0 Å². The van der Waals surface area contributed by atoms with E-state index in [-0.39, 0.29) is 11.7 Å². The molecular weight excluding hydrogens is 396 g/mol. The third-order valence-electron chi connectivity index (χ3n) is 5.96. The Morgan fingerprint density at radius 2 is 1.83 bits per heavy atom. The Labute approximate surface area is 178 Å². The standard InChI is InChI=1S/C24H28N2O3S/c1-2-30(27,28)20-8-6-19(7-9-20)21(17-18-12-15-29-16-13-18)22-10-11-24(26-22)23-5-3-4-14-25-23/h3-11,14,18,21,26H,2,12-13,15-17H2,1H3. The Morgan fingerprint density at radius 1 is 1.07 bits per heavy atom. The van der Waals surface area contributed by atoms with Crippen LogP contribution in [0.2, 0.25) is 0 Å². The van der Waals surface area contributed by atoms with Gasteiger partial charge in [0.05, 0.1) is 22.0 Å². The minimum absolute atomic E-state index is 0.113. The first-order valence-corrected chi connectivity index (χ1v) is 12.2. The lowest BCUT2D eigenvalue weighted by atomic mass is 9.83. The summed E-state index contributed by atoms with van der Waals surface area (Å²) >= 11 is 0. The lowest BCUT2D eigenvalue weighted by Gasteiger charge is -2.27. The van der Waals surface area contributed by atoms with Crippen LogP contribution in [0.25, 0.3) is 11.4 Å². The van der Waals surface area contributed by atoms with Crippen LogP contribution < -0.4 is 0 Å². The predicted molar refractivity (Wildman–Crippen MR) is 118 cm³/mol. The highest BCUT2D eigenvalue weighted by atomic mass is 32.2. The molecule has 3 heterocycles. The van der Waals surface area contributed by atoms with Gasteiger partial charge in [-0.05, 0) is 67.1 Å². The van der Waals surface area contributed by atoms with E-state index in [0.717, 1.165) is 55.1 Å². The van der Waals surface area contributed by atoms with Crippen molar-refractivity contribution in [2.24, 2.45) is 5.92 Å². The van der Waals surface area contributed by atoms with Gasteiger partial charge in [-0.2, -0.15) is 0 Å². The molecule has 0 saturated carbocycles. The molecule has 1 atom stereocenters. The van der Waals surface area contributed by atoms with E-state index in [1.807, 2.05) is 30.3 Å². The van der Waals surface area contributed by atoms with Crippen molar-refractivity contribution in [1.29, 1.82) is 0 Å². The van der Waals surface area contributed by atoms with E-state index in [1.54, 1.807) is 25.3 Å². The van der Waals surface area contributed by atoms with Crippen LogP contribution in [-0.2, 0) is 14.6 Å². The van der Waals surface area contributed by atoms with Crippen LogP contribution in [0.15, 0.2) is 65.7 Å². The first kappa shape index (κ1) is 20.8. The molecule has 2 aromatic heterocycles. The van der Waals surface area contributed by atoms with Crippen LogP contribution in [-0.4, -0.2) is 37.4 Å². The maximum atomic E-state index is 12.2. The average Bonchev–Trinajstić information content (AvgIpc) is 3.29. The zero-order valence-corrected chi connectivity index (χ0v) is 18.1. The minimum atomic E-state index is -3.20. The highest BCUT2D eigenvalue weighted by molar-refractivity contribution is 7.91. The molecule has 4 rings (SSSR count). The monoisotopic (exact) mass is 424 g/mol. The second kappa shape index (κ2) is 9.14. The molecule has 5 nitrogen and oxygen atoms in total. The van der Waals surface area contributed by atoms with Gasteiger partial charge in [0, 0.05) is 31.0 Å². The molecule has 0 amide bonds. The molecule has 0 bridgehead atoms. The van der Waals surface area contributed by atoms with Gasteiger partial charge < -0.3 is 9.72 Å². The average molecular weight is 425 g/mol. The molecule has 3 aromatic rings. The fraction of sp³-hybridized carbons (Fsp3) is 0.375. The largest absolute Gasteiger partial charge is 0.381 e. The molecule has 1 unspecified atom stereocenters. The molecule has 1 N–H and O–H groups in total. The van der Waals surface area contributed by atoms with Crippen molar-refractivity contribution in [3.8, 4) is 11.4 Å². The summed E-state index contributed by atoms with van der Waals surface area (Å²) in [5.74, 6) is 0.871. The first-order valence-electron chi connectivity index (χ1n) is 10.6. The number of ether oxygens (including phenoxy) is 1. The number of hydrogen-bond donors (Lipinski definition) is 1. The normalized spacial score (nSPS) is 16.4. The Balaban J connectivity index is 1.65. The third-order valence-corrected chi connectivity index (χ3v) is 7.71. The summed E-state index contributed by atoms with van der Waals surface area (Å²) in [5, 5.41) is 0. The molecule has 1 fully saturated rings. The van der Waals surface area contributed by atoms with Gasteiger partial charge in [0.2, 0.25) is 0 Å². The van der Waals surface area contributed by atoms with Gasteiger partial charge in [-0.15, -0.1) is 0 Å². The van der Waals surface area contributed by atoms with E-state index in [0.29, 0.717) is 10.8 Å². The van der Waals surface area contributed by atoms with Crippen LogP contribution in [0, 0.1) is 5.92 Å². The summed E-state index contributed by atoms with van der Waals surface area (Å²) < 4.78 is 29.9. The van der Waals surface area contributed by atoms with Crippen LogP contribution in [0.3, 0.4) is 0 Å². The highest BCUT2D eigenvalue weighted by Gasteiger charge is 2.24. The van der Waals surface area contributed by atoms with Crippen molar-refractivity contribution in [3.63, 3.8) is 0 Å². The minimum Gasteiger partial charge on any atom is -0.381 e. The number of nitrogens with zero attached hydrogens (tertiary/aromatic N) is 1. The topological polar surface area (TPSA) is 72.1 Å². The quantitative estimate of drug-likeness (QED) is 0.590. The highest BCUT2D eigenvalue weighted by Crippen LogP contribution is 2.35. The lowest BCUT2D eigenvalue weighted by Crippen LogP contribution is -2.19. The smallest absolute Gasteiger partial charge is 0.178 e. The van der Waals surface area contributed by atoms with Crippen molar-refractivity contribution in [1.82, 2.24) is 9.97 Å². The maximum absolute atomic E-state index is 12.2. The SMILES string of the molecule is CCS(=O)(=O)c1ccc(C(CC2CCOCC2)c2ccc(-c3ccccn3)[nH]2)cc1. The molecule has 0 spiro atoms. The number of sulfone groups is 1. The van der Waals surface area contributed by atoms with E-state index in [9.17, 15) is 8.42 Å². The van der Waals surface area contributed by atoms with Gasteiger partial charge in [0.1, 0.15) is 0 Å². The first-order chi connectivity index (χ1) is 14.6. The number of aromatic amines is 1.